The van der Waals surface area contributed by atoms with Crippen LogP contribution in [0.1, 0.15) is 5.82 Å². The average Bonchev–Trinajstić information content (AvgIpc) is 2.72. The smallest absolute Gasteiger partial charge is 0.235 e. The van der Waals surface area contributed by atoms with Gasteiger partial charge in [-0.1, -0.05) is 23.2 Å². The molecule has 2 heterocycles. The molecule has 0 fully saturated rings. The van der Waals surface area contributed by atoms with E-state index in [1.807, 2.05) is 0 Å². The molecule has 0 spiro atoms. The molecule has 0 bridgehead atoms. The Morgan fingerprint density at radius 2 is 1.89 bits per heavy atom. The van der Waals surface area contributed by atoms with Crippen molar-refractivity contribution in [2.24, 2.45) is 0 Å². The molecule has 0 aliphatic heterocycles. The fourth-order valence-electron chi connectivity index (χ4n) is 1.37. The van der Waals surface area contributed by atoms with Crippen LogP contribution in [0.15, 0.2) is 29.7 Å². The molecule has 2 aromatic rings. The topological polar surface area (TPSA) is 60.7 Å². The van der Waals surface area contributed by atoms with Crippen LogP contribution in [0.5, 0.6) is 0 Å². The Hall–Kier alpha value is -0.820. The van der Waals surface area contributed by atoms with Crippen LogP contribution >= 0.6 is 33.9 Å². The van der Waals surface area contributed by atoms with Crippen molar-refractivity contribution < 1.29 is 4.21 Å². The first-order valence-corrected chi connectivity index (χ1v) is 7.83. The van der Waals surface area contributed by atoms with Crippen LogP contribution in [-0.4, -0.2) is 27.7 Å². The van der Waals surface area contributed by atoms with Gasteiger partial charge in [-0.25, -0.2) is 4.21 Å². The number of halogens is 3. The molecule has 0 aliphatic carbocycles. The van der Waals surface area contributed by atoms with Crippen molar-refractivity contribution in [3.8, 4) is 5.69 Å². The molecule has 5 nitrogen and oxygen atoms in total. The molecule has 0 N–H and O–H groups in total. The molecule has 9 heteroatoms. The first kappa shape index (κ1) is 13.6. The normalized spacial score (nSPS) is 14.2. The molecule has 2 rings (SSSR count). The molecule has 96 valence electrons. The van der Waals surface area contributed by atoms with E-state index >= 15 is 0 Å². The van der Waals surface area contributed by atoms with Crippen molar-refractivity contribution in [1.82, 2.24) is 19.7 Å². The Labute approximate surface area is 118 Å². The van der Waals surface area contributed by atoms with Gasteiger partial charge in [0.1, 0.15) is 14.6 Å². The highest BCUT2D eigenvalue weighted by atomic mass is 35.7. The summed E-state index contributed by atoms with van der Waals surface area (Å²) in [6, 6.07) is 3.41. The van der Waals surface area contributed by atoms with E-state index in [9.17, 15) is 4.21 Å². The Kier molecular flexibility index (Phi) is 3.82. The summed E-state index contributed by atoms with van der Waals surface area (Å²) in [6.07, 6.45) is 3.17. The molecule has 18 heavy (non-hydrogen) atoms. The van der Waals surface area contributed by atoms with Crippen molar-refractivity contribution in [3.05, 3.63) is 30.4 Å². The molecule has 0 amide bonds. The maximum absolute atomic E-state index is 12.2. The van der Waals surface area contributed by atoms with Crippen LogP contribution < -0.4 is 0 Å². The van der Waals surface area contributed by atoms with Crippen molar-refractivity contribution in [1.29, 1.82) is 0 Å². The number of hydrogen-bond donors (Lipinski definition) is 0. The fraction of sp³-hybridized carbons (Fsp3) is 0.111. The van der Waals surface area contributed by atoms with Gasteiger partial charge in [-0.05, 0) is 29.7 Å². The van der Waals surface area contributed by atoms with Crippen LogP contribution in [0.3, 0.4) is 0 Å². The second-order valence-electron chi connectivity index (χ2n) is 3.28. The zero-order valence-electron chi connectivity index (χ0n) is 9.05. The van der Waals surface area contributed by atoms with E-state index < -0.39 is 12.5 Å². The van der Waals surface area contributed by atoms with Gasteiger partial charge >= 0.3 is 0 Å². The molecule has 0 saturated carbocycles. The third kappa shape index (κ3) is 2.33. The highest BCUT2D eigenvalue weighted by Crippen LogP contribution is 2.23. The van der Waals surface area contributed by atoms with Crippen molar-refractivity contribution in [2.75, 3.05) is 0 Å². The van der Waals surface area contributed by atoms with Crippen LogP contribution in [0.2, 0.25) is 0 Å². The number of aromatic nitrogens is 4. The number of pyridine rings is 1. The summed E-state index contributed by atoms with van der Waals surface area (Å²) < 4.78 is 13.3. The van der Waals surface area contributed by atoms with Gasteiger partial charge in [0, 0.05) is 12.4 Å². The lowest BCUT2D eigenvalue weighted by Crippen LogP contribution is -2.08. The summed E-state index contributed by atoms with van der Waals surface area (Å²) in [4.78, 5) is 3.90. The van der Waals surface area contributed by atoms with E-state index in [4.69, 9.17) is 33.9 Å². The third-order valence-corrected chi connectivity index (χ3v) is 5.93. The second kappa shape index (κ2) is 5.05. The lowest BCUT2D eigenvalue weighted by Gasteiger charge is -2.08. The molecular formula is C9H7Cl3N4OS. The third-order valence-electron chi connectivity index (χ3n) is 2.15. The van der Waals surface area contributed by atoms with E-state index in [0.29, 0.717) is 11.5 Å². The summed E-state index contributed by atoms with van der Waals surface area (Å²) in [5, 5.41) is 7.61. The Morgan fingerprint density at radius 3 is 2.44 bits per heavy atom. The zero-order chi connectivity index (χ0) is 13.3. The van der Waals surface area contributed by atoms with Crippen LogP contribution in [-0.2, 0) is 8.74 Å². The minimum absolute atomic E-state index is 0.00660. The lowest BCUT2D eigenvalue weighted by molar-refractivity contribution is 0.678. The van der Waals surface area contributed by atoms with Gasteiger partial charge < -0.3 is 0 Å². The Morgan fingerprint density at radius 1 is 1.28 bits per heavy atom. The van der Waals surface area contributed by atoms with Gasteiger partial charge in [0.15, 0.2) is 3.78 Å². The van der Waals surface area contributed by atoms with E-state index in [1.165, 1.54) is 4.57 Å². The van der Waals surface area contributed by atoms with Gasteiger partial charge in [-0.2, -0.15) is 0 Å². The molecule has 1 unspecified atom stereocenters. The molecule has 1 atom stereocenters. The van der Waals surface area contributed by atoms with E-state index in [1.54, 1.807) is 31.5 Å². The lowest BCUT2D eigenvalue weighted by atomic mass is 10.4. The van der Waals surface area contributed by atoms with E-state index in [2.05, 4.69) is 15.2 Å². The summed E-state index contributed by atoms with van der Waals surface area (Å²) in [5.41, 5.74) is 0.672. The van der Waals surface area contributed by atoms with Crippen molar-refractivity contribution in [2.45, 2.75) is 12.1 Å². The number of nitrogens with zero attached hydrogens (tertiary/aromatic N) is 4. The second-order valence-corrected chi connectivity index (χ2v) is 7.73. The predicted octanol–water partition coefficient (Wildman–Crippen LogP) is 2.33. The highest BCUT2D eigenvalue weighted by Gasteiger charge is 2.22. The van der Waals surface area contributed by atoms with Crippen LogP contribution in [0.25, 0.3) is 5.69 Å². The van der Waals surface area contributed by atoms with Gasteiger partial charge in [-0.15, -0.1) is 10.2 Å². The quantitative estimate of drug-likeness (QED) is 0.628. The van der Waals surface area contributed by atoms with Gasteiger partial charge in [0.25, 0.3) is 0 Å². The number of aryl methyl sites for hydroxylation is 1. The first-order chi connectivity index (χ1) is 8.44. The summed E-state index contributed by atoms with van der Waals surface area (Å²) in [7, 11) is 2.56. The van der Waals surface area contributed by atoms with Crippen LogP contribution in [0.4, 0.5) is 0 Å². The monoisotopic (exact) mass is 324 g/mol. The summed E-state index contributed by atoms with van der Waals surface area (Å²) in [6.45, 7) is 1.70. The minimum Gasteiger partial charge on any atom is -0.272 e. The molecule has 0 radical (unpaired) electrons. The van der Waals surface area contributed by atoms with Crippen molar-refractivity contribution in [3.63, 3.8) is 0 Å². The standard InChI is InChI=1S/C9H7Cl3N4OS/c1-6-14-15-9(18(12,17)8(10)11)16(6)7-2-4-13-5-3-7/h2-5H,1H3. The van der Waals surface area contributed by atoms with Crippen molar-refractivity contribution >= 4 is 46.4 Å². The zero-order valence-corrected chi connectivity index (χ0v) is 12.1. The maximum atomic E-state index is 12.2. The molecule has 0 aromatic carbocycles. The summed E-state index contributed by atoms with van der Waals surface area (Å²) in [5.74, 6) is 0.513. The SMILES string of the molecule is Cc1nnc(S(=O)(Cl)=C(Cl)Cl)n1-c1ccncc1. The van der Waals surface area contributed by atoms with Gasteiger partial charge in [0.05, 0.1) is 5.69 Å². The fourth-order valence-corrected chi connectivity index (χ4v) is 2.84. The highest BCUT2D eigenvalue weighted by molar-refractivity contribution is 8.25. The number of hydrogen-bond acceptors (Lipinski definition) is 4. The largest absolute Gasteiger partial charge is 0.272 e. The van der Waals surface area contributed by atoms with Gasteiger partial charge in [-0.3, -0.25) is 9.55 Å². The van der Waals surface area contributed by atoms with Crippen LogP contribution in [0, 0.1) is 6.92 Å². The predicted molar refractivity (Wildman–Crippen MR) is 72.9 cm³/mol. The number of rotatable bonds is 2. The average molecular weight is 326 g/mol. The molecule has 0 saturated heterocycles. The van der Waals surface area contributed by atoms with E-state index in [-0.39, 0.29) is 5.16 Å². The molecule has 2 aromatic heterocycles. The first-order valence-electron chi connectivity index (χ1n) is 4.69. The Bertz CT molecular complexity index is 687. The van der Waals surface area contributed by atoms with Gasteiger partial charge in [0.2, 0.25) is 5.16 Å². The minimum atomic E-state index is -3.30. The van der Waals surface area contributed by atoms with E-state index in [0.717, 1.165) is 0 Å². The molecular weight excluding hydrogens is 319 g/mol. The summed E-state index contributed by atoms with van der Waals surface area (Å²) >= 11 is 11.1. The Balaban J connectivity index is 2.76. The maximum Gasteiger partial charge on any atom is 0.235 e. The molecule has 0 aliphatic rings.